The van der Waals surface area contributed by atoms with Gasteiger partial charge in [-0.05, 0) is 77.6 Å². The van der Waals surface area contributed by atoms with Crippen LogP contribution in [-0.4, -0.2) is 19.7 Å². The average molecular weight is 339 g/mol. The Bertz CT molecular complexity index is 892. The Morgan fingerprint density at radius 1 is 0.875 bits per heavy atom. The molecule has 0 atom stereocenters. The number of pyridine rings is 1. The summed E-state index contributed by atoms with van der Waals surface area (Å²) in [4.78, 5) is 4.52. The molecule has 1 spiro atoms. The van der Waals surface area contributed by atoms with Gasteiger partial charge in [-0.1, -0.05) is 18.6 Å². The van der Waals surface area contributed by atoms with Crippen LogP contribution < -0.4 is 0 Å². The fraction of sp³-hybridized carbons (Fsp3) is 0.350. The van der Waals surface area contributed by atoms with Crippen molar-refractivity contribution in [1.29, 1.82) is 0 Å². The van der Waals surface area contributed by atoms with Gasteiger partial charge in [0, 0.05) is 18.6 Å². The van der Waals surface area contributed by atoms with Gasteiger partial charge in [0.05, 0.1) is 4.90 Å². The molecule has 124 valence electrons. The fourth-order valence-electron chi connectivity index (χ4n) is 4.07. The minimum absolute atomic E-state index is 0.383. The highest BCUT2D eigenvalue weighted by molar-refractivity contribution is 7.90. The lowest BCUT2D eigenvalue weighted by Crippen LogP contribution is -2.26. The Labute approximate surface area is 143 Å². The molecule has 1 saturated carbocycles. The first-order valence-electron chi connectivity index (χ1n) is 8.40. The van der Waals surface area contributed by atoms with E-state index in [-0.39, 0.29) is 0 Å². The molecule has 0 unspecified atom stereocenters. The van der Waals surface area contributed by atoms with E-state index in [1.165, 1.54) is 42.2 Å². The van der Waals surface area contributed by atoms with Crippen LogP contribution in [0.2, 0.25) is 0 Å². The van der Waals surface area contributed by atoms with E-state index in [1.807, 2.05) is 24.5 Å². The molecule has 4 rings (SSSR count). The van der Waals surface area contributed by atoms with Crippen molar-refractivity contribution < 1.29 is 8.42 Å². The maximum atomic E-state index is 11.7. The third-order valence-corrected chi connectivity index (χ3v) is 6.67. The molecule has 1 aromatic carbocycles. The number of hydrogen-bond donors (Lipinski definition) is 0. The first kappa shape index (κ1) is 15.6. The van der Waals surface area contributed by atoms with Crippen LogP contribution in [0, 0.1) is 5.41 Å². The van der Waals surface area contributed by atoms with E-state index in [2.05, 4.69) is 17.1 Å². The molecule has 0 bridgehead atoms. The highest BCUT2D eigenvalue weighted by atomic mass is 32.2. The Hall–Kier alpha value is -1.94. The molecule has 1 aromatic heterocycles. The molecule has 0 aliphatic heterocycles. The standard InChI is InChI=1S/C20H21NO2S/c1-24(22,23)17-5-3-15(4-6-17)18-13-20(9-2-10-20)14-19(18)16-7-11-21-12-8-16/h3-8,11-12H,2,9-10,13-14H2,1H3. The normalized spacial score (nSPS) is 19.5. The predicted molar refractivity (Wildman–Crippen MR) is 96.1 cm³/mol. The summed E-state index contributed by atoms with van der Waals surface area (Å²) in [5, 5.41) is 0. The van der Waals surface area contributed by atoms with Crippen molar-refractivity contribution in [1.82, 2.24) is 4.98 Å². The third-order valence-electron chi connectivity index (χ3n) is 5.54. The van der Waals surface area contributed by atoms with Crippen molar-refractivity contribution in [2.75, 3.05) is 6.26 Å². The molecule has 1 fully saturated rings. The lowest BCUT2D eigenvalue weighted by atomic mass is 9.66. The first-order chi connectivity index (χ1) is 11.5. The Kier molecular flexibility index (Phi) is 3.61. The summed E-state index contributed by atoms with van der Waals surface area (Å²) in [6.07, 6.45) is 11.1. The predicted octanol–water partition coefficient (Wildman–Crippen LogP) is 4.36. The molecule has 2 aliphatic rings. The molecule has 4 heteroatoms. The molecule has 24 heavy (non-hydrogen) atoms. The van der Waals surface area contributed by atoms with Gasteiger partial charge in [0.15, 0.2) is 9.84 Å². The van der Waals surface area contributed by atoms with Crippen molar-refractivity contribution >= 4 is 21.0 Å². The third kappa shape index (κ3) is 2.69. The van der Waals surface area contributed by atoms with E-state index in [0.717, 1.165) is 18.4 Å². The number of rotatable bonds is 3. The minimum Gasteiger partial charge on any atom is -0.265 e. The van der Waals surface area contributed by atoms with E-state index in [1.54, 1.807) is 12.1 Å². The lowest BCUT2D eigenvalue weighted by Gasteiger charge is -2.39. The van der Waals surface area contributed by atoms with Crippen LogP contribution in [0.1, 0.15) is 43.2 Å². The summed E-state index contributed by atoms with van der Waals surface area (Å²) < 4.78 is 23.4. The molecule has 0 saturated heterocycles. The Morgan fingerprint density at radius 2 is 1.42 bits per heavy atom. The second kappa shape index (κ2) is 5.55. The number of hydrogen-bond acceptors (Lipinski definition) is 3. The quantitative estimate of drug-likeness (QED) is 0.835. The maximum Gasteiger partial charge on any atom is 0.175 e. The monoisotopic (exact) mass is 339 g/mol. The lowest BCUT2D eigenvalue weighted by molar-refractivity contribution is 0.157. The SMILES string of the molecule is CS(=O)(=O)c1ccc(C2=C(c3ccncc3)CC3(CCC3)C2)cc1. The van der Waals surface area contributed by atoms with Gasteiger partial charge >= 0.3 is 0 Å². The van der Waals surface area contributed by atoms with Crippen molar-refractivity contribution in [3.8, 4) is 0 Å². The second-order valence-electron chi connectivity index (χ2n) is 7.20. The molecule has 2 aromatic rings. The number of nitrogens with zero attached hydrogens (tertiary/aromatic N) is 1. The van der Waals surface area contributed by atoms with E-state index < -0.39 is 9.84 Å². The summed E-state index contributed by atoms with van der Waals surface area (Å²) in [5.41, 5.74) is 5.61. The summed E-state index contributed by atoms with van der Waals surface area (Å²) in [6, 6.07) is 11.5. The molecular formula is C20H21NO2S. The van der Waals surface area contributed by atoms with Crippen molar-refractivity contribution in [2.45, 2.75) is 37.0 Å². The van der Waals surface area contributed by atoms with Gasteiger partial charge in [-0.2, -0.15) is 0 Å². The molecule has 0 N–H and O–H groups in total. The van der Waals surface area contributed by atoms with E-state index >= 15 is 0 Å². The molecule has 3 nitrogen and oxygen atoms in total. The van der Waals surface area contributed by atoms with Crippen LogP contribution in [0.4, 0.5) is 0 Å². The molecule has 0 amide bonds. The summed E-state index contributed by atoms with van der Waals surface area (Å²) in [5.74, 6) is 0. The summed E-state index contributed by atoms with van der Waals surface area (Å²) in [6.45, 7) is 0. The minimum atomic E-state index is -3.15. The van der Waals surface area contributed by atoms with E-state index in [9.17, 15) is 8.42 Å². The van der Waals surface area contributed by atoms with Crippen LogP contribution in [0.25, 0.3) is 11.1 Å². The zero-order valence-electron chi connectivity index (χ0n) is 13.8. The zero-order valence-corrected chi connectivity index (χ0v) is 14.6. The van der Waals surface area contributed by atoms with Gasteiger partial charge in [0.25, 0.3) is 0 Å². The van der Waals surface area contributed by atoms with Crippen LogP contribution in [0.5, 0.6) is 0 Å². The van der Waals surface area contributed by atoms with Gasteiger partial charge in [-0.15, -0.1) is 0 Å². The van der Waals surface area contributed by atoms with Crippen LogP contribution in [0.15, 0.2) is 53.7 Å². The number of allylic oxidation sites excluding steroid dienone is 2. The van der Waals surface area contributed by atoms with Crippen LogP contribution in [0.3, 0.4) is 0 Å². The molecule has 1 heterocycles. The Balaban J connectivity index is 1.77. The summed E-state index contributed by atoms with van der Waals surface area (Å²) in [7, 11) is -3.15. The highest BCUT2D eigenvalue weighted by Crippen LogP contribution is 2.59. The maximum absolute atomic E-state index is 11.7. The van der Waals surface area contributed by atoms with Crippen molar-refractivity contribution in [3.63, 3.8) is 0 Å². The average Bonchev–Trinajstić information content (AvgIpc) is 2.96. The Morgan fingerprint density at radius 3 is 1.88 bits per heavy atom. The van der Waals surface area contributed by atoms with Gasteiger partial charge < -0.3 is 0 Å². The highest BCUT2D eigenvalue weighted by Gasteiger charge is 2.43. The van der Waals surface area contributed by atoms with Crippen LogP contribution in [-0.2, 0) is 9.84 Å². The topological polar surface area (TPSA) is 47.0 Å². The zero-order chi connectivity index (χ0) is 16.8. The summed E-state index contributed by atoms with van der Waals surface area (Å²) >= 11 is 0. The molecule has 2 aliphatic carbocycles. The number of aromatic nitrogens is 1. The van der Waals surface area contributed by atoms with E-state index in [0.29, 0.717) is 10.3 Å². The largest absolute Gasteiger partial charge is 0.265 e. The van der Waals surface area contributed by atoms with Gasteiger partial charge in [-0.25, -0.2) is 8.42 Å². The smallest absolute Gasteiger partial charge is 0.175 e. The first-order valence-corrected chi connectivity index (χ1v) is 10.3. The van der Waals surface area contributed by atoms with Crippen molar-refractivity contribution in [3.05, 3.63) is 59.9 Å². The second-order valence-corrected chi connectivity index (χ2v) is 9.21. The fourth-order valence-corrected chi connectivity index (χ4v) is 4.70. The van der Waals surface area contributed by atoms with Crippen LogP contribution >= 0.6 is 0 Å². The molecular weight excluding hydrogens is 318 g/mol. The molecule has 0 radical (unpaired) electrons. The number of sulfone groups is 1. The number of benzene rings is 1. The van der Waals surface area contributed by atoms with Gasteiger partial charge in [0.2, 0.25) is 0 Å². The van der Waals surface area contributed by atoms with E-state index in [4.69, 9.17) is 0 Å². The van der Waals surface area contributed by atoms with Gasteiger partial charge in [-0.3, -0.25) is 4.98 Å². The van der Waals surface area contributed by atoms with Gasteiger partial charge in [0.1, 0.15) is 0 Å². The van der Waals surface area contributed by atoms with Crippen molar-refractivity contribution in [2.24, 2.45) is 5.41 Å².